The Balaban J connectivity index is 1.30. The number of hydrogen-bond donors (Lipinski definition) is 1. The number of hydrogen-bond acceptors (Lipinski definition) is 10. The van der Waals surface area contributed by atoms with E-state index in [1.807, 2.05) is 19.9 Å². The molecule has 0 amide bonds. The summed E-state index contributed by atoms with van der Waals surface area (Å²) in [4.78, 5) is 55.1. The third-order valence-corrected chi connectivity index (χ3v) is 13.5. The molecule has 6 aliphatic carbocycles. The smallest absolute Gasteiger partial charge is 0.338 e. The highest BCUT2D eigenvalue weighted by Crippen LogP contribution is 2.87. The van der Waals surface area contributed by atoms with E-state index in [2.05, 4.69) is 18.4 Å². The SMILES string of the molecule is C=C1C[C@]23C[C@H]4[C@@H]5[C@@]6(C)CN4[C@@H]4[C@H]2C(OC(=O)c2ccccc2)[C@H]1[C@@H](OC(C)=O)[C@H]3[C@]54[C@H](OC(C)=O)[C@@H](O)[C@H]6OC(=O)C(C)CC. The summed E-state index contributed by atoms with van der Waals surface area (Å²) in [5.41, 5.74) is -0.581. The van der Waals surface area contributed by atoms with Crippen molar-refractivity contribution in [2.75, 3.05) is 6.54 Å². The molecule has 1 N–H and O–H groups in total. The van der Waals surface area contributed by atoms with Gasteiger partial charge in [-0.05, 0) is 42.7 Å². The molecule has 1 aromatic rings. The van der Waals surface area contributed by atoms with Crippen molar-refractivity contribution in [2.24, 2.45) is 45.8 Å². The molecule has 10 nitrogen and oxygen atoms in total. The van der Waals surface area contributed by atoms with E-state index in [0.717, 1.165) is 12.0 Å². The molecule has 246 valence electrons. The highest BCUT2D eigenvalue weighted by atomic mass is 16.6. The van der Waals surface area contributed by atoms with Gasteiger partial charge in [0, 0.05) is 55.1 Å². The lowest BCUT2D eigenvalue weighted by atomic mass is 9.38. The first-order valence-electron chi connectivity index (χ1n) is 16.7. The van der Waals surface area contributed by atoms with Gasteiger partial charge in [0.25, 0.3) is 0 Å². The second kappa shape index (κ2) is 9.66. The predicted octanol–water partition coefficient (Wildman–Crippen LogP) is 3.31. The number of carbonyl (C=O) groups excluding carboxylic acids is 4. The summed E-state index contributed by atoms with van der Waals surface area (Å²) in [6.07, 6.45) is -2.46. The molecule has 46 heavy (non-hydrogen) atoms. The molecule has 3 saturated heterocycles. The monoisotopic (exact) mass is 633 g/mol. The van der Waals surface area contributed by atoms with Crippen molar-refractivity contribution in [3.63, 3.8) is 0 Å². The third kappa shape index (κ3) is 3.40. The number of aliphatic hydroxyl groups is 1. The van der Waals surface area contributed by atoms with E-state index in [1.54, 1.807) is 24.3 Å². The molecule has 9 bridgehead atoms. The van der Waals surface area contributed by atoms with Gasteiger partial charge in [0.15, 0.2) is 0 Å². The fourth-order valence-electron chi connectivity index (χ4n) is 12.6. The van der Waals surface area contributed by atoms with Crippen molar-refractivity contribution in [3.8, 4) is 0 Å². The van der Waals surface area contributed by atoms with Crippen molar-refractivity contribution >= 4 is 23.9 Å². The Morgan fingerprint density at radius 3 is 2.35 bits per heavy atom. The number of piperidine rings is 2. The number of ether oxygens (including phenoxy) is 4. The van der Waals surface area contributed by atoms with Gasteiger partial charge in [0.1, 0.15) is 30.5 Å². The van der Waals surface area contributed by atoms with Crippen LogP contribution < -0.4 is 0 Å². The Morgan fingerprint density at radius 1 is 1.00 bits per heavy atom. The van der Waals surface area contributed by atoms with Crippen molar-refractivity contribution < 1.29 is 43.2 Å². The first kappa shape index (κ1) is 30.1. The molecule has 9 fully saturated rings. The van der Waals surface area contributed by atoms with Crippen molar-refractivity contribution in [1.82, 2.24) is 4.90 Å². The maximum absolute atomic E-state index is 13.7. The van der Waals surface area contributed by atoms with Gasteiger partial charge in [0.05, 0.1) is 17.4 Å². The summed E-state index contributed by atoms with van der Waals surface area (Å²) >= 11 is 0. The zero-order valence-electron chi connectivity index (χ0n) is 27.0. The van der Waals surface area contributed by atoms with Gasteiger partial charge in [-0.1, -0.05) is 51.1 Å². The Bertz CT molecular complexity index is 1540. The van der Waals surface area contributed by atoms with E-state index in [4.69, 9.17) is 18.9 Å². The topological polar surface area (TPSA) is 129 Å². The normalized spacial score (nSPS) is 48.6. The van der Waals surface area contributed by atoms with E-state index in [1.165, 1.54) is 13.8 Å². The lowest BCUT2D eigenvalue weighted by molar-refractivity contribution is -0.282. The van der Waals surface area contributed by atoms with Gasteiger partial charge < -0.3 is 24.1 Å². The minimum Gasteiger partial charge on any atom is -0.461 e. The lowest BCUT2D eigenvalue weighted by Gasteiger charge is -2.67. The van der Waals surface area contributed by atoms with Crippen LogP contribution in [0.4, 0.5) is 0 Å². The highest BCUT2D eigenvalue weighted by molar-refractivity contribution is 5.89. The molecule has 6 saturated carbocycles. The van der Waals surface area contributed by atoms with Crippen LogP contribution in [0.2, 0.25) is 0 Å². The predicted molar refractivity (Wildman–Crippen MR) is 162 cm³/mol. The molecular formula is C36H43NO9. The average Bonchev–Trinajstić information content (AvgIpc) is 3.45. The van der Waals surface area contributed by atoms with Crippen LogP contribution in [0, 0.1) is 45.8 Å². The van der Waals surface area contributed by atoms with Crippen LogP contribution in [0.25, 0.3) is 0 Å². The fraction of sp³-hybridized carbons (Fsp3) is 0.667. The number of aliphatic hydroxyl groups excluding tert-OH is 1. The Labute approximate surface area is 268 Å². The summed E-state index contributed by atoms with van der Waals surface area (Å²) in [7, 11) is 0. The summed E-state index contributed by atoms with van der Waals surface area (Å²) < 4.78 is 25.2. The third-order valence-electron chi connectivity index (χ3n) is 13.5. The van der Waals surface area contributed by atoms with Crippen LogP contribution in [0.3, 0.4) is 0 Å². The van der Waals surface area contributed by atoms with E-state index in [9.17, 15) is 24.3 Å². The molecule has 3 aliphatic heterocycles. The molecule has 16 atom stereocenters. The molecule has 1 aromatic carbocycles. The van der Waals surface area contributed by atoms with Gasteiger partial charge in [-0.25, -0.2) is 4.79 Å². The number of benzene rings is 1. The first-order valence-corrected chi connectivity index (χ1v) is 16.7. The van der Waals surface area contributed by atoms with Crippen LogP contribution in [-0.2, 0) is 33.3 Å². The van der Waals surface area contributed by atoms with Crippen molar-refractivity contribution in [1.29, 1.82) is 0 Å². The second-order valence-electron chi connectivity index (χ2n) is 15.5. The van der Waals surface area contributed by atoms with Crippen LogP contribution >= 0.6 is 0 Å². The molecule has 0 aromatic heterocycles. The maximum atomic E-state index is 13.7. The van der Waals surface area contributed by atoms with Gasteiger partial charge >= 0.3 is 23.9 Å². The van der Waals surface area contributed by atoms with Crippen LogP contribution in [0.15, 0.2) is 42.5 Å². The standard InChI is InChI=1S/C36H43NO9/c1-7-16(2)32(41)46-30-24(40)31(44-19(5)39)36-27-21-14-35-13-17(3)22(26(28(35)36)43-18(4)38)25(45-33(42)20-11-9-8-10-12-20)23(35)29(36)37(21)15-34(27,30)6/h8-12,16,21-31,40H,3,7,13-15H2,1-2,4-6H3/t16?,21-,22-,23+,24-,25?,26+,27+,28+,29+,30+,31+,34+,35-,36+/m0/s1. The van der Waals surface area contributed by atoms with E-state index >= 15 is 0 Å². The number of esters is 4. The Hall–Kier alpha value is -3.24. The number of fused-ring (bicyclic) bond motifs is 1. The van der Waals surface area contributed by atoms with Crippen LogP contribution in [0.1, 0.15) is 64.2 Å². The molecule has 10 rings (SSSR count). The van der Waals surface area contributed by atoms with Gasteiger partial charge in [-0.2, -0.15) is 0 Å². The minimum absolute atomic E-state index is 0.0729. The van der Waals surface area contributed by atoms with E-state index in [-0.39, 0.29) is 41.7 Å². The van der Waals surface area contributed by atoms with Crippen LogP contribution in [0.5, 0.6) is 0 Å². The second-order valence-corrected chi connectivity index (χ2v) is 15.5. The molecule has 10 heteroatoms. The fourth-order valence-corrected chi connectivity index (χ4v) is 12.6. The maximum Gasteiger partial charge on any atom is 0.338 e. The molecular weight excluding hydrogens is 590 g/mol. The molecule has 9 aliphatic rings. The van der Waals surface area contributed by atoms with Gasteiger partial charge in [-0.3, -0.25) is 19.3 Å². The number of carbonyl (C=O) groups is 4. The lowest BCUT2D eigenvalue weighted by Crippen LogP contribution is -2.75. The number of nitrogens with zero attached hydrogens (tertiary/aromatic N) is 1. The summed E-state index contributed by atoms with van der Waals surface area (Å²) in [5.74, 6) is -3.17. The zero-order valence-corrected chi connectivity index (χ0v) is 27.0. The van der Waals surface area contributed by atoms with Crippen molar-refractivity contribution in [3.05, 3.63) is 48.0 Å². The Morgan fingerprint density at radius 2 is 1.70 bits per heavy atom. The quantitative estimate of drug-likeness (QED) is 0.271. The number of rotatable bonds is 7. The summed E-state index contributed by atoms with van der Waals surface area (Å²) in [5, 5.41) is 12.3. The van der Waals surface area contributed by atoms with Gasteiger partial charge in [0.2, 0.25) is 0 Å². The molecule has 3 heterocycles. The van der Waals surface area contributed by atoms with Gasteiger partial charge in [-0.15, -0.1) is 0 Å². The van der Waals surface area contributed by atoms with E-state index in [0.29, 0.717) is 24.9 Å². The van der Waals surface area contributed by atoms with E-state index < -0.39 is 70.6 Å². The Kier molecular flexibility index (Phi) is 6.32. The summed E-state index contributed by atoms with van der Waals surface area (Å²) in [6, 6.07) is 8.74. The first-order chi connectivity index (χ1) is 21.8. The molecule has 2 spiro atoms. The molecule has 3 unspecified atom stereocenters. The minimum atomic E-state index is -1.29. The largest absolute Gasteiger partial charge is 0.461 e. The summed E-state index contributed by atoms with van der Waals surface area (Å²) in [6.45, 7) is 13.6. The van der Waals surface area contributed by atoms with Crippen molar-refractivity contribution in [2.45, 2.75) is 96.5 Å². The van der Waals surface area contributed by atoms with Crippen LogP contribution in [-0.4, -0.2) is 83.0 Å². The highest BCUT2D eigenvalue weighted by Gasteiger charge is 2.95. The molecule has 0 radical (unpaired) electrons. The average molecular weight is 634 g/mol. The zero-order chi connectivity index (χ0) is 32.7.